The van der Waals surface area contributed by atoms with Gasteiger partial charge in [0, 0.05) is 12.1 Å². The lowest BCUT2D eigenvalue weighted by atomic mass is 10.1. The maximum atomic E-state index is 12.6. The number of rotatable bonds is 9. The minimum absolute atomic E-state index is 0.0628. The van der Waals surface area contributed by atoms with Gasteiger partial charge in [0.2, 0.25) is 10.0 Å². The maximum absolute atomic E-state index is 12.6. The van der Waals surface area contributed by atoms with E-state index in [1.807, 2.05) is 0 Å². The number of ether oxygens (including phenoxy) is 2. The van der Waals surface area contributed by atoms with Crippen LogP contribution in [-0.4, -0.2) is 41.0 Å². The van der Waals surface area contributed by atoms with Gasteiger partial charge in [-0.05, 0) is 61.9 Å². The van der Waals surface area contributed by atoms with Crippen LogP contribution in [0.15, 0.2) is 35.2 Å². The lowest BCUT2D eigenvalue weighted by Gasteiger charge is -2.13. The van der Waals surface area contributed by atoms with Gasteiger partial charge in [-0.2, -0.15) is 0 Å². The molecular formula is C20H25N3O6S. The van der Waals surface area contributed by atoms with Crippen molar-refractivity contribution in [2.75, 3.05) is 20.8 Å². The van der Waals surface area contributed by atoms with Crippen LogP contribution < -0.4 is 25.2 Å². The van der Waals surface area contributed by atoms with Gasteiger partial charge in [-0.1, -0.05) is 6.07 Å². The molecule has 0 aromatic heterocycles. The number of benzene rings is 2. The molecule has 0 spiro atoms. The van der Waals surface area contributed by atoms with Crippen molar-refractivity contribution in [2.24, 2.45) is 5.73 Å². The van der Waals surface area contributed by atoms with Crippen LogP contribution >= 0.6 is 0 Å². The average Bonchev–Trinajstić information content (AvgIpc) is 2.72. The van der Waals surface area contributed by atoms with Crippen molar-refractivity contribution in [3.05, 3.63) is 52.6 Å². The fraction of sp³-hybridized carbons (Fsp3) is 0.300. The van der Waals surface area contributed by atoms with E-state index in [0.29, 0.717) is 22.6 Å². The number of carbonyl (C=O) groups is 2. The monoisotopic (exact) mass is 435 g/mol. The zero-order chi connectivity index (χ0) is 22.5. The summed E-state index contributed by atoms with van der Waals surface area (Å²) in [6.07, 6.45) is 0. The van der Waals surface area contributed by atoms with Gasteiger partial charge in [-0.25, -0.2) is 13.1 Å². The highest BCUT2D eigenvalue weighted by atomic mass is 32.2. The fourth-order valence-electron chi connectivity index (χ4n) is 2.72. The summed E-state index contributed by atoms with van der Waals surface area (Å²) in [6, 6.07) is 7.97. The molecule has 0 fully saturated rings. The molecule has 0 saturated heterocycles. The van der Waals surface area contributed by atoms with Crippen LogP contribution in [0.4, 0.5) is 0 Å². The Morgan fingerprint density at radius 3 is 2.40 bits per heavy atom. The molecule has 4 N–H and O–H groups in total. The molecule has 10 heteroatoms. The molecule has 2 rings (SSSR count). The molecule has 0 aliphatic rings. The number of nitrogens with two attached hydrogens (primary N) is 1. The maximum Gasteiger partial charge on any atom is 0.255 e. The van der Waals surface area contributed by atoms with Crippen molar-refractivity contribution in [2.45, 2.75) is 25.3 Å². The third-order valence-electron chi connectivity index (χ3n) is 4.49. The van der Waals surface area contributed by atoms with Gasteiger partial charge in [0.05, 0.1) is 12.0 Å². The first-order chi connectivity index (χ1) is 14.1. The summed E-state index contributed by atoms with van der Waals surface area (Å²) in [5.74, 6) is -0.292. The van der Waals surface area contributed by atoms with Gasteiger partial charge in [0.1, 0.15) is 0 Å². The van der Waals surface area contributed by atoms with Crippen LogP contribution in [0, 0.1) is 13.8 Å². The molecule has 0 unspecified atom stereocenters. The van der Waals surface area contributed by atoms with Crippen molar-refractivity contribution >= 4 is 21.8 Å². The summed E-state index contributed by atoms with van der Waals surface area (Å²) < 4.78 is 37.2. The van der Waals surface area contributed by atoms with Crippen LogP contribution in [0.25, 0.3) is 0 Å². The van der Waals surface area contributed by atoms with Gasteiger partial charge in [0.25, 0.3) is 11.8 Å². The normalized spacial score (nSPS) is 11.1. The number of aryl methyl sites for hydroxylation is 1. The van der Waals surface area contributed by atoms with Gasteiger partial charge >= 0.3 is 0 Å². The second-order valence-corrected chi connectivity index (χ2v) is 8.40. The van der Waals surface area contributed by atoms with Gasteiger partial charge in [0.15, 0.2) is 18.1 Å². The van der Waals surface area contributed by atoms with Crippen molar-refractivity contribution in [3.8, 4) is 11.5 Å². The molecule has 2 aromatic carbocycles. The number of amides is 2. The Morgan fingerprint density at radius 1 is 1.10 bits per heavy atom. The highest BCUT2D eigenvalue weighted by molar-refractivity contribution is 7.89. The predicted molar refractivity (Wildman–Crippen MR) is 111 cm³/mol. The first-order valence-corrected chi connectivity index (χ1v) is 10.5. The van der Waals surface area contributed by atoms with Gasteiger partial charge < -0.3 is 20.5 Å². The van der Waals surface area contributed by atoms with E-state index in [1.165, 1.54) is 20.2 Å². The molecule has 0 bridgehead atoms. The molecule has 0 radical (unpaired) electrons. The molecule has 0 aliphatic carbocycles. The Hall–Kier alpha value is -3.11. The van der Waals surface area contributed by atoms with Gasteiger partial charge in [-0.15, -0.1) is 0 Å². The summed E-state index contributed by atoms with van der Waals surface area (Å²) in [4.78, 5) is 23.5. The Balaban J connectivity index is 2.19. The summed E-state index contributed by atoms with van der Waals surface area (Å²) in [5, 5.41) is 2.75. The van der Waals surface area contributed by atoms with Crippen LogP contribution in [0.2, 0.25) is 0 Å². The summed E-state index contributed by atoms with van der Waals surface area (Å²) >= 11 is 0. The smallest absolute Gasteiger partial charge is 0.255 e. The number of primary amides is 1. The van der Waals surface area contributed by atoms with E-state index < -0.39 is 21.8 Å². The molecule has 0 saturated carbocycles. The predicted octanol–water partition coefficient (Wildman–Crippen LogP) is 1.01. The molecule has 9 nitrogen and oxygen atoms in total. The van der Waals surface area contributed by atoms with Crippen molar-refractivity contribution < 1.29 is 27.5 Å². The SMILES string of the molecule is CNS(=O)(=O)c1cc(C(=O)NCc2ccc(OCC(N)=O)c(OC)c2)cc(C)c1C. The molecule has 0 heterocycles. The van der Waals surface area contributed by atoms with E-state index in [1.54, 1.807) is 38.1 Å². The van der Waals surface area contributed by atoms with E-state index >= 15 is 0 Å². The van der Waals surface area contributed by atoms with E-state index in [2.05, 4.69) is 10.0 Å². The van der Waals surface area contributed by atoms with Crippen LogP contribution in [0.1, 0.15) is 27.0 Å². The minimum Gasteiger partial charge on any atom is -0.493 e. The summed E-state index contributed by atoms with van der Waals surface area (Å²) in [6.45, 7) is 3.33. The van der Waals surface area contributed by atoms with Crippen LogP contribution in [-0.2, 0) is 21.4 Å². The molecular weight excluding hydrogens is 410 g/mol. The van der Waals surface area contributed by atoms with E-state index in [4.69, 9.17) is 15.2 Å². The number of hydrogen-bond acceptors (Lipinski definition) is 6. The highest BCUT2D eigenvalue weighted by Gasteiger charge is 2.19. The largest absolute Gasteiger partial charge is 0.493 e. The van der Waals surface area contributed by atoms with Crippen LogP contribution in [0.5, 0.6) is 11.5 Å². The third-order valence-corrected chi connectivity index (χ3v) is 6.03. The summed E-state index contributed by atoms with van der Waals surface area (Å²) in [7, 11) is -0.921. The Bertz CT molecular complexity index is 1070. The number of carbonyl (C=O) groups excluding carboxylic acids is 2. The van der Waals surface area contributed by atoms with Crippen molar-refractivity contribution in [1.82, 2.24) is 10.0 Å². The second kappa shape index (κ2) is 9.59. The quantitative estimate of drug-likeness (QED) is 0.538. The molecule has 0 aliphatic heterocycles. The van der Waals surface area contributed by atoms with Crippen molar-refractivity contribution in [1.29, 1.82) is 0 Å². The zero-order valence-corrected chi connectivity index (χ0v) is 18.1. The third kappa shape index (κ3) is 5.49. The van der Waals surface area contributed by atoms with Gasteiger partial charge in [-0.3, -0.25) is 9.59 Å². The highest BCUT2D eigenvalue weighted by Crippen LogP contribution is 2.28. The first kappa shape index (κ1) is 23.2. The average molecular weight is 436 g/mol. The second-order valence-electron chi connectivity index (χ2n) is 6.55. The topological polar surface area (TPSA) is 137 Å². The standard InChI is InChI=1S/C20H25N3O6S/c1-12-7-15(9-18(13(12)2)30(26,27)22-3)20(25)23-10-14-5-6-16(17(8-14)28-4)29-11-19(21)24/h5-9,22H,10-11H2,1-4H3,(H2,21,24)(H,23,25). The number of methoxy groups -OCH3 is 1. The molecule has 30 heavy (non-hydrogen) atoms. The Morgan fingerprint density at radius 2 is 1.80 bits per heavy atom. The molecule has 162 valence electrons. The van der Waals surface area contributed by atoms with E-state index in [9.17, 15) is 18.0 Å². The Labute approximate surface area is 175 Å². The van der Waals surface area contributed by atoms with Crippen molar-refractivity contribution in [3.63, 3.8) is 0 Å². The van der Waals surface area contributed by atoms with E-state index in [0.717, 1.165) is 5.56 Å². The summed E-state index contributed by atoms with van der Waals surface area (Å²) in [5.41, 5.74) is 7.30. The van der Waals surface area contributed by atoms with Crippen LogP contribution in [0.3, 0.4) is 0 Å². The zero-order valence-electron chi connectivity index (χ0n) is 17.2. The number of sulfonamides is 1. The molecule has 2 aromatic rings. The molecule has 2 amide bonds. The lowest BCUT2D eigenvalue weighted by Crippen LogP contribution is -2.25. The number of nitrogens with one attached hydrogen (secondary N) is 2. The minimum atomic E-state index is -3.69. The number of hydrogen-bond donors (Lipinski definition) is 3. The lowest BCUT2D eigenvalue weighted by molar-refractivity contribution is -0.119. The Kier molecular flexibility index (Phi) is 7.41. The first-order valence-electron chi connectivity index (χ1n) is 9.00. The van der Waals surface area contributed by atoms with E-state index in [-0.39, 0.29) is 23.6 Å². The fourth-order valence-corrected chi connectivity index (χ4v) is 3.79. The molecule has 0 atom stereocenters.